The third-order valence-corrected chi connectivity index (χ3v) is 7.26. The Morgan fingerprint density at radius 2 is 2.03 bits per heavy atom. The van der Waals surface area contributed by atoms with Crippen LogP contribution in [-0.4, -0.2) is 32.1 Å². The molecule has 0 unspecified atom stereocenters. The number of aryl methyl sites for hydroxylation is 1. The number of nitrogens with zero attached hydrogens (tertiary/aromatic N) is 2. The topological polar surface area (TPSA) is 79.4 Å². The Labute approximate surface area is 170 Å². The number of carbonyl (C=O) groups is 1. The van der Waals surface area contributed by atoms with Crippen LogP contribution in [0.25, 0.3) is 11.1 Å². The standard InChI is InChI=1S/C21H24FN3O3S/c1-3-29(27,28)24-19-6-4-5-15-16(11-23-12-17(15)19)14-9-13-7-8-20(26)25(2)21(13)18(22)10-14/h9-12,19,24H,3-8H2,1-2H3/t19-/m1/s1. The summed E-state index contributed by atoms with van der Waals surface area (Å²) in [6, 6.07) is 3.06. The van der Waals surface area contributed by atoms with Crippen LogP contribution in [0, 0.1) is 5.82 Å². The number of amides is 1. The molecular weight excluding hydrogens is 393 g/mol. The van der Waals surface area contributed by atoms with Gasteiger partial charge in [-0.2, -0.15) is 0 Å². The van der Waals surface area contributed by atoms with Crippen LogP contribution in [0.2, 0.25) is 0 Å². The van der Waals surface area contributed by atoms with Gasteiger partial charge in [-0.1, -0.05) is 0 Å². The Hall–Kier alpha value is -2.32. The molecule has 8 heteroatoms. The van der Waals surface area contributed by atoms with Crippen LogP contribution < -0.4 is 9.62 Å². The van der Waals surface area contributed by atoms with E-state index in [2.05, 4.69) is 9.71 Å². The van der Waals surface area contributed by atoms with E-state index in [1.807, 2.05) is 6.07 Å². The largest absolute Gasteiger partial charge is 0.313 e. The third kappa shape index (κ3) is 3.67. The van der Waals surface area contributed by atoms with Crippen molar-refractivity contribution >= 4 is 21.6 Å². The number of anilines is 1. The summed E-state index contributed by atoms with van der Waals surface area (Å²) in [5.41, 5.74) is 4.55. The minimum atomic E-state index is -3.34. The lowest BCUT2D eigenvalue weighted by Gasteiger charge is -2.29. The van der Waals surface area contributed by atoms with Gasteiger partial charge in [-0.25, -0.2) is 17.5 Å². The van der Waals surface area contributed by atoms with E-state index in [0.717, 1.165) is 35.1 Å². The highest BCUT2D eigenvalue weighted by Crippen LogP contribution is 2.39. The number of carbonyl (C=O) groups excluding carboxylic acids is 1. The number of nitrogens with one attached hydrogen (secondary N) is 1. The SMILES string of the molecule is CCS(=O)(=O)N[C@@H]1CCCc2c(-c3cc(F)c4c(c3)CCC(=O)N4C)cncc21. The van der Waals surface area contributed by atoms with Crippen molar-refractivity contribution in [3.63, 3.8) is 0 Å². The number of halogens is 1. The van der Waals surface area contributed by atoms with Gasteiger partial charge < -0.3 is 4.90 Å². The molecule has 0 saturated heterocycles. The smallest absolute Gasteiger partial charge is 0.227 e. The molecular formula is C21H24FN3O3S. The van der Waals surface area contributed by atoms with E-state index in [0.29, 0.717) is 30.5 Å². The fourth-order valence-corrected chi connectivity index (χ4v) is 5.15. The molecule has 4 rings (SSSR count). The molecule has 6 nitrogen and oxygen atoms in total. The first kappa shape index (κ1) is 20.0. The first-order valence-electron chi connectivity index (χ1n) is 9.87. The van der Waals surface area contributed by atoms with E-state index in [4.69, 9.17) is 0 Å². The van der Waals surface area contributed by atoms with Gasteiger partial charge in [0.1, 0.15) is 5.82 Å². The van der Waals surface area contributed by atoms with Crippen molar-refractivity contribution in [2.75, 3.05) is 17.7 Å². The average molecular weight is 418 g/mol. The zero-order valence-electron chi connectivity index (χ0n) is 16.5. The molecule has 0 saturated carbocycles. The van der Waals surface area contributed by atoms with E-state index in [1.165, 1.54) is 11.0 Å². The number of sulfonamides is 1. The zero-order valence-corrected chi connectivity index (χ0v) is 17.4. The summed E-state index contributed by atoms with van der Waals surface area (Å²) < 4.78 is 41.8. The van der Waals surface area contributed by atoms with Crippen molar-refractivity contribution in [1.82, 2.24) is 9.71 Å². The molecule has 2 aliphatic rings. The zero-order chi connectivity index (χ0) is 20.8. The Morgan fingerprint density at radius 1 is 1.24 bits per heavy atom. The van der Waals surface area contributed by atoms with Crippen LogP contribution in [-0.2, 0) is 27.7 Å². The van der Waals surface area contributed by atoms with E-state index in [1.54, 1.807) is 26.4 Å². The Bertz CT molecular complexity index is 1080. The van der Waals surface area contributed by atoms with Crippen molar-refractivity contribution in [3.8, 4) is 11.1 Å². The van der Waals surface area contributed by atoms with Crippen LogP contribution in [0.5, 0.6) is 0 Å². The first-order chi connectivity index (χ1) is 13.8. The number of aromatic nitrogens is 1. The maximum Gasteiger partial charge on any atom is 0.227 e. The summed E-state index contributed by atoms with van der Waals surface area (Å²) in [5.74, 6) is -0.493. The van der Waals surface area contributed by atoms with Gasteiger partial charge in [-0.05, 0) is 67.0 Å². The summed E-state index contributed by atoms with van der Waals surface area (Å²) in [4.78, 5) is 17.6. The van der Waals surface area contributed by atoms with Crippen molar-refractivity contribution in [3.05, 3.63) is 47.0 Å². The van der Waals surface area contributed by atoms with Crippen LogP contribution in [0.1, 0.15) is 48.9 Å². The molecule has 0 fully saturated rings. The monoisotopic (exact) mass is 417 g/mol. The third-order valence-electron chi connectivity index (χ3n) is 5.86. The molecule has 0 radical (unpaired) electrons. The number of fused-ring (bicyclic) bond motifs is 2. The minimum Gasteiger partial charge on any atom is -0.313 e. The molecule has 0 spiro atoms. The fourth-order valence-electron chi connectivity index (χ4n) is 4.30. The summed E-state index contributed by atoms with van der Waals surface area (Å²) in [5, 5.41) is 0. The summed E-state index contributed by atoms with van der Waals surface area (Å²) in [7, 11) is -1.75. The second-order valence-electron chi connectivity index (χ2n) is 7.64. The molecule has 2 heterocycles. The average Bonchev–Trinajstić information content (AvgIpc) is 2.70. The fraction of sp³-hybridized carbons (Fsp3) is 0.429. The molecule has 2 aromatic rings. The predicted molar refractivity (Wildman–Crippen MR) is 110 cm³/mol. The number of pyridine rings is 1. The highest BCUT2D eigenvalue weighted by molar-refractivity contribution is 7.89. The Morgan fingerprint density at radius 3 is 2.79 bits per heavy atom. The molecule has 0 bridgehead atoms. The first-order valence-corrected chi connectivity index (χ1v) is 11.5. The number of rotatable bonds is 4. The molecule has 1 aliphatic heterocycles. The molecule has 29 heavy (non-hydrogen) atoms. The molecule has 1 aliphatic carbocycles. The van der Waals surface area contributed by atoms with Gasteiger partial charge in [0.05, 0.1) is 11.4 Å². The van der Waals surface area contributed by atoms with Crippen molar-refractivity contribution in [2.45, 2.75) is 45.1 Å². The quantitative estimate of drug-likeness (QED) is 0.829. The highest BCUT2D eigenvalue weighted by atomic mass is 32.2. The normalized spacial score (nSPS) is 19.1. The molecule has 1 aromatic heterocycles. The maximum atomic E-state index is 14.9. The van der Waals surface area contributed by atoms with Crippen LogP contribution in [0.3, 0.4) is 0 Å². The number of benzene rings is 1. The summed E-state index contributed by atoms with van der Waals surface area (Å²) >= 11 is 0. The van der Waals surface area contributed by atoms with E-state index in [-0.39, 0.29) is 17.7 Å². The second-order valence-corrected chi connectivity index (χ2v) is 9.68. The lowest BCUT2D eigenvalue weighted by atomic mass is 9.84. The lowest BCUT2D eigenvalue weighted by molar-refractivity contribution is -0.118. The van der Waals surface area contributed by atoms with Gasteiger partial charge in [-0.3, -0.25) is 9.78 Å². The number of hydrogen-bond donors (Lipinski definition) is 1. The van der Waals surface area contributed by atoms with Crippen molar-refractivity contribution in [2.24, 2.45) is 0 Å². The van der Waals surface area contributed by atoms with E-state index in [9.17, 15) is 17.6 Å². The van der Waals surface area contributed by atoms with Gasteiger partial charge >= 0.3 is 0 Å². The summed E-state index contributed by atoms with van der Waals surface area (Å²) in [6.45, 7) is 1.61. The van der Waals surface area contributed by atoms with E-state index < -0.39 is 15.8 Å². The van der Waals surface area contributed by atoms with Crippen LogP contribution >= 0.6 is 0 Å². The Balaban J connectivity index is 1.78. The molecule has 1 aromatic carbocycles. The molecule has 154 valence electrons. The molecule has 1 N–H and O–H groups in total. The van der Waals surface area contributed by atoms with Crippen molar-refractivity contribution in [1.29, 1.82) is 0 Å². The van der Waals surface area contributed by atoms with Crippen LogP contribution in [0.4, 0.5) is 10.1 Å². The van der Waals surface area contributed by atoms with Gasteiger partial charge in [0.25, 0.3) is 0 Å². The van der Waals surface area contributed by atoms with Gasteiger partial charge in [0.15, 0.2) is 0 Å². The van der Waals surface area contributed by atoms with Crippen LogP contribution in [0.15, 0.2) is 24.5 Å². The summed E-state index contributed by atoms with van der Waals surface area (Å²) in [6.07, 6.45) is 6.63. The highest BCUT2D eigenvalue weighted by Gasteiger charge is 2.28. The van der Waals surface area contributed by atoms with E-state index >= 15 is 0 Å². The van der Waals surface area contributed by atoms with Gasteiger partial charge in [0.2, 0.25) is 15.9 Å². The molecule has 1 amide bonds. The lowest BCUT2D eigenvalue weighted by Crippen LogP contribution is -2.32. The Kier molecular flexibility index (Phi) is 5.16. The number of hydrogen-bond acceptors (Lipinski definition) is 4. The van der Waals surface area contributed by atoms with Crippen molar-refractivity contribution < 1.29 is 17.6 Å². The molecule has 1 atom stereocenters. The van der Waals surface area contributed by atoms with Gasteiger partial charge in [0, 0.05) is 37.5 Å². The second kappa shape index (κ2) is 7.50. The minimum absolute atomic E-state index is 0.0220. The predicted octanol–water partition coefficient (Wildman–Crippen LogP) is 3.11. The van der Waals surface area contributed by atoms with Gasteiger partial charge in [-0.15, -0.1) is 0 Å². The maximum absolute atomic E-state index is 14.9.